The third-order valence-electron chi connectivity index (χ3n) is 2.87. The van der Waals surface area contributed by atoms with Gasteiger partial charge in [0.15, 0.2) is 0 Å². The third-order valence-corrected chi connectivity index (χ3v) is 3.61. The zero-order valence-electron chi connectivity index (χ0n) is 10.4. The van der Waals surface area contributed by atoms with E-state index in [0.29, 0.717) is 6.04 Å². The second-order valence-electron chi connectivity index (χ2n) is 4.25. The molecule has 1 N–H and O–H groups in total. The molecule has 0 aliphatic rings. The monoisotopic (exact) mass is 249 g/mol. The van der Waals surface area contributed by atoms with Crippen molar-refractivity contribution in [3.8, 4) is 0 Å². The van der Waals surface area contributed by atoms with Crippen LogP contribution >= 0.6 is 11.3 Å². The quantitative estimate of drug-likeness (QED) is 0.853. The summed E-state index contributed by atoms with van der Waals surface area (Å²) in [5, 5.41) is 7.86. The van der Waals surface area contributed by atoms with Gasteiger partial charge in [-0.1, -0.05) is 0 Å². The standard InChI is InChI=1S/C13H19N3S/c1-3-16-6-5-14-13(16)9-15-11(2)8-12-4-7-17-10-12/h4-7,10-11,15H,3,8-9H2,1-2H3. The molecule has 17 heavy (non-hydrogen) atoms. The van der Waals surface area contributed by atoms with E-state index in [1.807, 2.05) is 12.4 Å². The summed E-state index contributed by atoms with van der Waals surface area (Å²) < 4.78 is 2.17. The fourth-order valence-electron chi connectivity index (χ4n) is 1.90. The molecule has 0 spiro atoms. The Labute approximate surface area is 107 Å². The van der Waals surface area contributed by atoms with E-state index in [1.54, 1.807) is 11.3 Å². The van der Waals surface area contributed by atoms with E-state index >= 15 is 0 Å². The molecule has 2 aromatic heterocycles. The molecule has 0 radical (unpaired) electrons. The van der Waals surface area contributed by atoms with Gasteiger partial charge >= 0.3 is 0 Å². The molecule has 1 unspecified atom stereocenters. The fourth-order valence-corrected chi connectivity index (χ4v) is 2.58. The van der Waals surface area contributed by atoms with Crippen LogP contribution in [0.1, 0.15) is 25.2 Å². The summed E-state index contributed by atoms with van der Waals surface area (Å²) in [7, 11) is 0. The van der Waals surface area contributed by atoms with Crippen molar-refractivity contribution in [2.24, 2.45) is 0 Å². The van der Waals surface area contributed by atoms with Gasteiger partial charge in [-0.25, -0.2) is 4.98 Å². The van der Waals surface area contributed by atoms with Gasteiger partial charge in [0.05, 0.1) is 6.54 Å². The average Bonchev–Trinajstić information content (AvgIpc) is 2.96. The topological polar surface area (TPSA) is 29.9 Å². The number of hydrogen-bond donors (Lipinski definition) is 1. The molecule has 3 nitrogen and oxygen atoms in total. The van der Waals surface area contributed by atoms with E-state index in [0.717, 1.165) is 25.3 Å². The Bertz CT molecular complexity index is 433. The Kier molecular flexibility index (Phi) is 4.34. The number of hydrogen-bond acceptors (Lipinski definition) is 3. The van der Waals surface area contributed by atoms with E-state index in [2.05, 4.69) is 45.5 Å². The van der Waals surface area contributed by atoms with Gasteiger partial charge < -0.3 is 9.88 Å². The van der Waals surface area contributed by atoms with Crippen molar-refractivity contribution in [1.29, 1.82) is 0 Å². The number of rotatable bonds is 6. The van der Waals surface area contributed by atoms with Crippen molar-refractivity contribution in [1.82, 2.24) is 14.9 Å². The first kappa shape index (κ1) is 12.3. The molecule has 0 aliphatic carbocycles. The molecule has 0 saturated heterocycles. The first-order valence-corrected chi connectivity index (χ1v) is 6.98. The van der Waals surface area contributed by atoms with Crippen LogP contribution in [0.15, 0.2) is 29.2 Å². The Morgan fingerprint density at radius 3 is 3.12 bits per heavy atom. The molecule has 0 fully saturated rings. The minimum atomic E-state index is 0.478. The fraction of sp³-hybridized carbons (Fsp3) is 0.462. The Hall–Kier alpha value is -1.13. The van der Waals surface area contributed by atoms with Gasteiger partial charge in [-0.3, -0.25) is 0 Å². The molecule has 0 saturated carbocycles. The minimum absolute atomic E-state index is 0.478. The first-order valence-electron chi connectivity index (χ1n) is 6.04. The SMILES string of the molecule is CCn1ccnc1CNC(C)Cc1ccsc1. The van der Waals surface area contributed by atoms with E-state index in [-0.39, 0.29) is 0 Å². The zero-order chi connectivity index (χ0) is 12.1. The molecule has 0 aromatic carbocycles. The molecule has 2 heterocycles. The van der Waals surface area contributed by atoms with Gasteiger partial charge in [0.25, 0.3) is 0 Å². The molecule has 0 amide bonds. The number of thiophene rings is 1. The highest BCUT2D eigenvalue weighted by Crippen LogP contribution is 2.08. The highest BCUT2D eigenvalue weighted by molar-refractivity contribution is 7.07. The molecular formula is C13H19N3S. The van der Waals surface area contributed by atoms with E-state index in [9.17, 15) is 0 Å². The summed E-state index contributed by atoms with van der Waals surface area (Å²) >= 11 is 1.76. The number of aryl methyl sites for hydroxylation is 1. The number of aromatic nitrogens is 2. The Morgan fingerprint density at radius 2 is 2.41 bits per heavy atom. The van der Waals surface area contributed by atoms with Crippen LogP contribution in [0.3, 0.4) is 0 Å². The van der Waals surface area contributed by atoms with Crippen molar-refractivity contribution in [2.75, 3.05) is 0 Å². The lowest BCUT2D eigenvalue weighted by molar-refractivity contribution is 0.519. The Balaban J connectivity index is 1.82. The first-order chi connectivity index (χ1) is 8.29. The maximum absolute atomic E-state index is 4.36. The average molecular weight is 249 g/mol. The smallest absolute Gasteiger partial charge is 0.122 e. The van der Waals surface area contributed by atoms with Crippen LogP contribution in [0.5, 0.6) is 0 Å². The highest BCUT2D eigenvalue weighted by atomic mass is 32.1. The van der Waals surface area contributed by atoms with E-state index in [4.69, 9.17) is 0 Å². The summed E-state index contributed by atoms with van der Waals surface area (Å²) in [5.74, 6) is 1.12. The van der Waals surface area contributed by atoms with Gasteiger partial charge in [0.2, 0.25) is 0 Å². The predicted octanol–water partition coefficient (Wildman–Crippen LogP) is 2.69. The van der Waals surface area contributed by atoms with Crippen LogP contribution in [0, 0.1) is 0 Å². The molecule has 4 heteroatoms. The third kappa shape index (κ3) is 3.41. The molecule has 2 aromatic rings. The lowest BCUT2D eigenvalue weighted by Crippen LogP contribution is -2.28. The van der Waals surface area contributed by atoms with Gasteiger partial charge in [0, 0.05) is 25.0 Å². The van der Waals surface area contributed by atoms with Crippen molar-refractivity contribution < 1.29 is 0 Å². The number of nitrogens with one attached hydrogen (secondary N) is 1. The number of nitrogens with zero attached hydrogens (tertiary/aromatic N) is 2. The summed E-state index contributed by atoms with van der Waals surface area (Å²) in [5.41, 5.74) is 1.41. The van der Waals surface area contributed by atoms with E-state index in [1.165, 1.54) is 5.56 Å². The summed E-state index contributed by atoms with van der Waals surface area (Å²) in [6.45, 7) is 6.18. The largest absolute Gasteiger partial charge is 0.334 e. The molecule has 2 rings (SSSR count). The van der Waals surface area contributed by atoms with Crippen LogP contribution in [0.4, 0.5) is 0 Å². The van der Waals surface area contributed by atoms with Crippen LogP contribution in [0.25, 0.3) is 0 Å². The predicted molar refractivity (Wildman–Crippen MR) is 72.2 cm³/mol. The summed E-state index contributed by atoms with van der Waals surface area (Å²) in [6, 6.07) is 2.67. The molecule has 92 valence electrons. The molecule has 0 bridgehead atoms. The second-order valence-corrected chi connectivity index (χ2v) is 5.03. The van der Waals surface area contributed by atoms with E-state index < -0.39 is 0 Å². The molecule has 0 aliphatic heterocycles. The van der Waals surface area contributed by atoms with Gasteiger partial charge in [0.1, 0.15) is 5.82 Å². The maximum Gasteiger partial charge on any atom is 0.122 e. The van der Waals surface area contributed by atoms with Crippen molar-refractivity contribution >= 4 is 11.3 Å². The summed E-state index contributed by atoms with van der Waals surface area (Å²) in [4.78, 5) is 4.36. The van der Waals surface area contributed by atoms with Crippen LogP contribution in [0.2, 0.25) is 0 Å². The highest BCUT2D eigenvalue weighted by Gasteiger charge is 2.06. The molecular weight excluding hydrogens is 230 g/mol. The van der Waals surface area contributed by atoms with Crippen molar-refractivity contribution in [3.63, 3.8) is 0 Å². The van der Waals surface area contributed by atoms with Gasteiger partial charge in [-0.05, 0) is 42.7 Å². The van der Waals surface area contributed by atoms with Crippen molar-refractivity contribution in [3.05, 3.63) is 40.6 Å². The summed E-state index contributed by atoms with van der Waals surface area (Å²) in [6.07, 6.45) is 4.97. The minimum Gasteiger partial charge on any atom is -0.334 e. The number of imidazole rings is 1. The normalized spacial score (nSPS) is 12.8. The zero-order valence-corrected chi connectivity index (χ0v) is 11.2. The van der Waals surface area contributed by atoms with Crippen LogP contribution < -0.4 is 5.32 Å². The molecule has 1 atom stereocenters. The lowest BCUT2D eigenvalue weighted by Gasteiger charge is -2.13. The van der Waals surface area contributed by atoms with Crippen LogP contribution in [-0.2, 0) is 19.5 Å². The lowest BCUT2D eigenvalue weighted by atomic mass is 10.1. The maximum atomic E-state index is 4.36. The Morgan fingerprint density at radius 1 is 1.53 bits per heavy atom. The van der Waals surface area contributed by atoms with Gasteiger partial charge in [-0.2, -0.15) is 11.3 Å². The second kappa shape index (κ2) is 5.98. The van der Waals surface area contributed by atoms with Crippen molar-refractivity contribution in [2.45, 2.75) is 39.4 Å². The van der Waals surface area contributed by atoms with Gasteiger partial charge in [-0.15, -0.1) is 0 Å². The van der Waals surface area contributed by atoms with Crippen LogP contribution in [-0.4, -0.2) is 15.6 Å².